The Hall–Kier alpha value is -1.79. The number of amides is 1. The first-order valence-electron chi connectivity index (χ1n) is 16.2. The van der Waals surface area contributed by atoms with Crippen LogP contribution in [0.2, 0.25) is 0 Å². The van der Waals surface area contributed by atoms with Gasteiger partial charge in [0.15, 0.2) is 0 Å². The van der Waals surface area contributed by atoms with Gasteiger partial charge in [-0.3, -0.25) is 4.79 Å². The van der Waals surface area contributed by atoms with Crippen LogP contribution < -0.4 is 15.8 Å². The van der Waals surface area contributed by atoms with Crippen LogP contribution in [0, 0.1) is 0 Å². The van der Waals surface area contributed by atoms with Crippen molar-refractivity contribution >= 4 is 11.6 Å². The number of nitrogens with zero attached hydrogens (tertiary/aromatic N) is 2. The lowest BCUT2D eigenvalue weighted by Crippen LogP contribution is -2.47. The lowest BCUT2D eigenvalue weighted by atomic mass is 10.1. The fraction of sp³-hybridized carbons (Fsp3) is 0.788. The van der Waals surface area contributed by atoms with Crippen LogP contribution in [0.15, 0.2) is 18.2 Å². The van der Waals surface area contributed by atoms with Gasteiger partial charge in [-0.05, 0) is 56.2 Å². The van der Waals surface area contributed by atoms with Crippen LogP contribution in [0.4, 0.5) is 5.69 Å². The lowest BCUT2D eigenvalue weighted by molar-refractivity contribution is -0.121. The van der Waals surface area contributed by atoms with Crippen molar-refractivity contribution in [3.63, 3.8) is 0 Å². The molecule has 0 aliphatic heterocycles. The number of hydrogen-bond donors (Lipinski definition) is 2. The number of carbonyl (C=O) groups is 1. The van der Waals surface area contributed by atoms with Crippen LogP contribution in [0.3, 0.4) is 0 Å². The normalized spacial score (nSPS) is 11.4. The number of hydrazine groups is 1. The summed E-state index contributed by atoms with van der Waals surface area (Å²) in [7, 11) is 1.66. The number of nitrogens with two attached hydrogens (primary N) is 1. The van der Waals surface area contributed by atoms with Crippen LogP contribution in [-0.2, 0) is 11.2 Å². The average Bonchev–Trinajstić information content (AvgIpc) is 2.93. The van der Waals surface area contributed by atoms with E-state index in [1.165, 1.54) is 82.6 Å². The van der Waals surface area contributed by atoms with E-state index in [9.17, 15) is 4.79 Å². The summed E-state index contributed by atoms with van der Waals surface area (Å²) in [4.78, 5) is 12.3. The second-order valence-electron chi connectivity index (χ2n) is 11.1. The highest BCUT2D eigenvalue weighted by atomic mass is 16.5. The number of nitrogen functional groups attached to an aromatic ring is 1. The molecule has 0 atom stereocenters. The number of benzene rings is 1. The minimum Gasteiger partial charge on any atom is -0.495 e. The summed E-state index contributed by atoms with van der Waals surface area (Å²) in [5.41, 5.74) is 8.09. The van der Waals surface area contributed by atoms with Crippen LogP contribution in [0.25, 0.3) is 0 Å². The number of hydrogen-bond acceptors (Lipinski definition) is 5. The van der Waals surface area contributed by atoms with Gasteiger partial charge in [-0.25, -0.2) is 10.0 Å². The first kappa shape index (κ1) is 35.2. The Morgan fingerprint density at radius 2 is 1.28 bits per heavy atom. The highest BCUT2D eigenvalue weighted by Gasteiger charge is 2.15. The zero-order chi connectivity index (χ0) is 28.6. The van der Waals surface area contributed by atoms with Gasteiger partial charge >= 0.3 is 0 Å². The molecule has 226 valence electrons. The number of rotatable bonds is 26. The molecule has 3 N–H and O–H groups in total. The van der Waals surface area contributed by atoms with Crippen molar-refractivity contribution < 1.29 is 9.53 Å². The Morgan fingerprint density at radius 3 is 1.85 bits per heavy atom. The van der Waals surface area contributed by atoms with Gasteiger partial charge in [-0.15, -0.1) is 0 Å². The summed E-state index contributed by atoms with van der Waals surface area (Å²) >= 11 is 0. The minimum atomic E-state index is 0.208. The van der Waals surface area contributed by atoms with E-state index in [2.05, 4.69) is 42.2 Å². The van der Waals surface area contributed by atoms with Crippen LogP contribution in [0.1, 0.15) is 129 Å². The summed E-state index contributed by atoms with van der Waals surface area (Å²) in [6, 6.07) is 6.15. The molecule has 0 aromatic heterocycles. The van der Waals surface area contributed by atoms with Crippen molar-refractivity contribution in [2.75, 3.05) is 45.6 Å². The minimum absolute atomic E-state index is 0.208. The van der Waals surface area contributed by atoms with Crippen LogP contribution in [0.5, 0.6) is 5.75 Å². The third-order valence-corrected chi connectivity index (χ3v) is 7.56. The molecular weight excluding hydrogens is 484 g/mol. The molecule has 0 heterocycles. The molecule has 1 rings (SSSR count). The average molecular weight is 547 g/mol. The van der Waals surface area contributed by atoms with E-state index in [0.29, 0.717) is 6.42 Å². The van der Waals surface area contributed by atoms with Crippen molar-refractivity contribution in [3.05, 3.63) is 23.8 Å². The molecule has 0 spiro atoms. The van der Waals surface area contributed by atoms with E-state index in [1.807, 2.05) is 12.1 Å². The van der Waals surface area contributed by atoms with Crippen molar-refractivity contribution in [1.82, 2.24) is 15.3 Å². The summed E-state index contributed by atoms with van der Waals surface area (Å²) < 4.78 is 5.28. The fourth-order valence-electron chi connectivity index (χ4n) is 5.10. The number of methoxy groups -OCH3 is 1. The molecule has 0 saturated heterocycles. The second-order valence-corrected chi connectivity index (χ2v) is 11.1. The van der Waals surface area contributed by atoms with Crippen LogP contribution in [-0.4, -0.2) is 55.8 Å². The van der Waals surface area contributed by atoms with E-state index in [1.54, 1.807) is 7.11 Å². The monoisotopic (exact) mass is 546 g/mol. The quantitative estimate of drug-likeness (QED) is 0.0706. The van der Waals surface area contributed by atoms with Gasteiger partial charge in [0.05, 0.1) is 12.8 Å². The number of anilines is 1. The molecule has 0 bridgehead atoms. The van der Waals surface area contributed by atoms with E-state index in [0.717, 1.165) is 69.8 Å². The Morgan fingerprint density at radius 1 is 0.744 bits per heavy atom. The number of carbonyl (C=O) groups excluding carboxylic acids is 1. The third kappa shape index (κ3) is 17.5. The number of nitrogens with one attached hydrogen (secondary N) is 1. The van der Waals surface area contributed by atoms with Gasteiger partial charge in [-0.1, -0.05) is 91.0 Å². The van der Waals surface area contributed by atoms with Crippen molar-refractivity contribution in [1.29, 1.82) is 0 Å². The first-order valence-corrected chi connectivity index (χ1v) is 16.2. The molecule has 1 amide bonds. The summed E-state index contributed by atoms with van der Waals surface area (Å²) in [6.45, 7) is 11.7. The maximum atomic E-state index is 12.3. The maximum Gasteiger partial charge on any atom is 0.220 e. The zero-order valence-corrected chi connectivity index (χ0v) is 26.1. The smallest absolute Gasteiger partial charge is 0.220 e. The Balaban J connectivity index is 2.59. The molecule has 0 radical (unpaired) electrons. The molecule has 39 heavy (non-hydrogen) atoms. The third-order valence-electron chi connectivity index (χ3n) is 7.56. The molecule has 1 aromatic rings. The molecule has 1 aromatic carbocycles. The highest BCUT2D eigenvalue weighted by molar-refractivity contribution is 5.75. The van der Waals surface area contributed by atoms with Gasteiger partial charge in [0.1, 0.15) is 5.75 Å². The largest absolute Gasteiger partial charge is 0.495 e. The van der Waals surface area contributed by atoms with Crippen molar-refractivity contribution in [2.24, 2.45) is 0 Å². The van der Waals surface area contributed by atoms with Gasteiger partial charge in [0.25, 0.3) is 0 Å². The van der Waals surface area contributed by atoms with E-state index < -0.39 is 0 Å². The molecule has 0 unspecified atom stereocenters. The lowest BCUT2D eigenvalue weighted by Gasteiger charge is -2.35. The molecule has 0 aliphatic carbocycles. The maximum absolute atomic E-state index is 12.3. The zero-order valence-electron chi connectivity index (χ0n) is 26.1. The standard InChI is InChI=1S/C33H62N4O2/c1-5-8-11-17-25-36(26-18-12-9-6-2)37(28-24-35-33(38)21-15-10-7-3)27-19-14-13-16-20-30-22-23-32(39-4)31(34)29-30/h22-23,29H,5-21,24-28,34H2,1-4H3,(H,35,38). The van der Waals surface area contributed by atoms with Gasteiger partial charge < -0.3 is 15.8 Å². The van der Waals surface area contributed by atoms with Crippen molar-refractivity contribution in [3.8, 4) is 5.75 Å². The number of unbranched alkanes of at least 4 members (excludes halogenated alkanes) is 11. The number of aryl methyl sites for hydroxylation is 1. The Bertz CT molecular complexity index is 716. The fourth-order valence-corrected chi connectivity index (χ4v) is 5.10. The summed E-state index contributed by atoms with van der Waals surface area (Å²) in [6.07, 6.45) is 20.1. The van der Waals surface area contributed by atoms with E-state index in [4.69, 9.17) is 10.5 Å². The topological polar surface area (TPSA) is 70.8 Å². The van der Waals surface area contributed by atoms with E-state index in [-0.39, 0.29) is 5.91 Å². The van der Waals surface area contributed by atoms with Gasteiger partial charge in [-0.2, -0.15) is 0 Å². The molecule has 0 aliphatic rings. The van der Waals surface area contributed by atoms with E-state index >= 15 is 0 Å². The van der Waals surface area contributed by atoms with Gasteiger partial charge in [0.2, 0.25) is 5.91 Å². The SMILES string of the molecule is CCCCCCN(CCCCCC)N(CCCCCCc1ccc(OC)c(N)c1)CCNC(=O)CCCCC. The highest BCUT2D eigenvalue weighted by Crippen LogP contribution is 2.23. The molecular formula is C33H62N4O2. The molecule has 6 heteroatoms. The Labute approximate surface area is 241 Å². The van der Waals surface area contributed by atoms with Crippen LogP contribution >= 0.6 is 0 Å². The van der Waals surface area contributed by atoms with Gasteiger partial charge in [0, 0.05) is 39.1 Å². The Kier molecular flexibility index (Phi) is 21.7. The summed E-state index contributed by atoms with van der Waals surface area (Å²) in [5, 5.41) is 8.38. The second kappa shape index (κ2) is 24.0. The predicted octanol–water partition coefficient (Wildman–Crippen LogP) is 7.76. The first-order chi connectivity index (χ1) is 19.0. The van der Waals surface area contributed by atoms with Crippen molar-refractivity contribution in [2.45, 2.75) is 130 Å². The summed E-state index contributed by atoms with van der Waals surface area (Å²) in [5.74, 6) is 0.963. The molecule has 0 saturated carbocycles. The number of ether oxygens (including phenoxy) is 1. The molecule has 0 fully saturated rings. The molecule has 6 nitrogen and oxygen atoms in total. The predicted molar refractivity (Wildman–Crippen MR) is 168 cm³/mol.